The monoisotopic (exact) mass is 217 g/mol. The van der Waals surface area contributed by atoms with Crippen molar-refractivity contribution >= 4 is 17.4 Å². The van der Waals surface area contributed by atoms with Crippen molar-refractivity contribution in [1.29, 1.82) is 0 Å². The number of anilines is 1. The fourth-order valence-electron chi connectivity index (χ4n) is 1.71. The molecule has 15 heavy (non-hydrogen) atoms. The topological polar surface area (TPSA) is 21.3 Å². The number of fused-ring (bicyclic) bond motifs is 2. The Morgan fingerprint density at radius 1 is 1.27 bits per heavy atom. The lowest BCUT2D eigenvalue weighted by atomic mass is 10.2. The zero-order chi connectivity index (χ0) is 10.1. The minimum atomic E-state index is 0.851. The van der Waals surface area contributed by atoms with Crippen LogP contribution in [0.15, 0.2) is 47.1 Å². The van der Waals surface area contributed by atoms with Crippen LogP contribution in [0.3, 0.4) is 0 Å². The van der Waals surface area contributed by atoms with Gasteiger partial charge in [-0.05, 0) is 12.1 Å². The summed E-state index contributed by atoms with van der Waals surface area (Å²) < 4.78 is 5.87. The van der Waals surface area contributed by atoms with Gasteiger partial charge < -0.3 is 10.1 Å². The lowest BCUT2D eigenvalue weighted by Gasteiger charge is -2.12. The summed E-state index contributed by atoms with van der Waals surface area (Å²) in [7, 11) is 0. The molecule has 0 amide bonds. The molecule has 0 radical (unpaired) electrons. The first-order valence-corrected chi connectivity index (χ1v) is 6.00. The molecule has 0 atom stereocenters. The number of nitrogens with one attached hydrogen (secondary N) is 1. The molecule has 1 aromatic carbocycles. The number of para-hydroxylation sites is 2. The molecule has 3 heteroatoms. The van der Waals surface area contributed by atoms with E-state index in [1.165, 1.54) is 5.57 Å². The molecular weight excluding hydrogens is 206 g/mol. The predicted molar refractivity (Wildman–Crippen MR) is 64.2 cm³/mol. The first kappa shape index (κ1) is 8.92. The third kappa shape index (κ3) is 1.63. The molecule has 0 unspecified atom stereocenters. The summed E-state index contributed by atoms with van der Waals surface area (Å²) in [6.45, 7) is 0.851. The molecule has 0 bridgehead atoms. The first-order valence-electron chi connectivity index (χ1n) is 4.95. The van der Waals surface area contributed by atoms with Gasteiger partial charge in [-0.1, -0.05) is 18.2 Å². The van der Waals surface area contributed by atoms with Gasteiger partial charge in [-0.2, -0.15) is 0 Å². The molecule has 76 valence electrons. The van der Waals surface area contributed by atoms with Crippen LogP contribution in [0.4, 0.5) is 5.69 Å². The van der Waals surface area contributed by atoms with Crippen LogP contribution in [-0.4, -0.2) is 12.3 Å². The highest BCUT2D eigenvalue weighted by molar-refractivity contribution is 8.02. The number of thioether (sulfide) groups is 1. The van der Waals surface area contributed by atoms with E-state index in [0.29, 0.717) is 0 Å². The Kier molecular flexibility index (Phi) is 2.18. The molecule has 2 heterocycles. The molecule has 2 nitrogen and oxygen atoms in total. The molecule has 0 saturated heterocycles. The van der Waals surface area contributed by atoms with Crippen molar-refractivity contribution in [2.24, 2.45) is 0 Å². The molecule has 3 rings (SSSR count). The van der Waals surface area contributed by atoms with Gasteiger partial charge in [0.2, 0.25) is 0 Å². The lowest BCUT2D eigenvalue weighted by molar-refractivity contribution is 0.443. The van der Waals surface area contributed by atoms with Crippen molar-refractivity contribution in [3.8, 4) is 5.75 Å². The van der Waals surface area contributed by atoms with Crippen molar-refractivity contribution in [2.45, 2.75) is 0 Å². The predicted octanol–water partition coefficient (Wildman–Crippen LogP) is 3.01. The fourth-order valence-corrected chi connectivity index (χ4v) is 2.45. The Balaban J connectivity index is 2.02. The molecular formula is C12H11NOS. The third-order valence-corrected chi connectivity index (χ3v) is 3.25. The van der Waals surface area contributed by atoms with Crippen LogP contribution in [0.2, 0.25) is 0 Å². The van der Waals surface area contributed by atoms with E-state index in [2.05, 4.69) is 16.8 Å². The normalized spacial score (nSPS) is 18.4. The molecule has 0 spiro atoms. The molecule has 2 aliphatic heterocycles. The lowest BCUT2D eigenvalue weighted by Crippen LogP contribution is -2.07. The van der Waals surface area contributed by atoms with Gasteiger partial charge in [0.15, 0.2) is 5.75 Å². The van der Waals surface area contributed by atoms with Crippen LogP contribution in [0.1, 0.15) is 0 Å². The minimum absolute atomic E-state index is 0.851. The first-order chi connectivity index (χ1) is 7.43. The summed E-state index contributed by atoms with van der Waals surface area (Å²) in [4.78, 5) is 0. The smallest absolute Gasteiger partial charge is 0.150 e. The van der Waals surface area contributed by atoms with Crippen LogP contribution in [0, 0.1) is 0 Å². The van der Waals surface area contributed by atoms with Crippen molar-refractivity contribution in [1.82, 2.24) is 0 Å². The number of hydrogen-bond donors (Lipinski definition) is 1. The van der Waals surface area contributed by atoms with Gasteiger partial charge in [0.05, 0.1) is 5.69 Å². The Hall–Kier alpha value is -1.35. The van der Waals surface area contributed by atoms with Gasteiger partial charge >= 0.3 is 0 Å². The highest BCUT2D eigenvalue weighted by Gasteiger charge is 2.17. The standard InChI is InChI=1S/C12H11NOS/c1-2-4-11-10(3-1)13-7-9-5-6-15-8-12(9)14-11/h1-5,8,13H,6-7H2. The highest BCUT2D eigenvalue weighted by atomic mass is 32.2. The maximum Gasteiger partial charge on any atom is 0.150 e. The van der Waals surface area contributed by atoms with E-state index >= 15 is 0 Å². The van der Waals surface area contributed by atoms with Gasteiger partial charge in [0.25, 0.3) is 0 Å². The van der Waals surface area contributed by atoms with E-state index in [0.717, 1.165) is 29.5 Å². The molecule has 0 saturated carbocycles. The van der Waals surface area contributed by atoms with Crippen LogP contribution in [0.25, 0.3) is 0 Å². The summed E-state index contributed by atoms with van der Waals surface area (Å²) in [5, 5.41) is 5.48. The van der Waals surface area contributed by atoms with Crippen molar-refractivity contribution in [2.75, 3.05) is 17.6 Å². The SMILES string of the molecule is C1=C2CNc3ccccc3OC2=CSC1. The van der Waals surface area contributed by atoms with Gasteiger partial charge in [0, 0.05) is 23.3 Å². The van der Waals surface area contributed by atoms with Gasteiger partial charge in [-0.15, -0.1) is 11.8 Å². The van der Waals surface area contributed by atoms with Crippen molar-refractivity contribution in [3.05, 3.63) is 47.1 Å². The van der Waals surface area contributed by atoms with Crippen LogP contribution in [-0.2, 0) is 0 Å². The summed E-state index contributed by atoms with van der Waals surface area (Å²) in [6, 6.07) is 8.04. The quantitative estimate of drug-likeness (QED) is 0.721. The van der Waals surface area contributed by atoms with Crippen LogP contribution >= 0.6 is 11.8 Å². The Bertz CT molecular complexity index is 451. The zero-order valence-electron chi connectivity index (χ0n) is 8.19. The maximum atomic E-state index is 5.87. The van der Waals surface area contributed by atoms with E-state index < -0.39 is 0 Å². The molecule has 0 fully saturated rings. The minimum Gasteiger partial charge on any atom is -0.454 e. The van der Waals surface area contributed by atoms with Gasteiger partial charge in [0.1, 0.15) is 5.76 Å². The van der Waals surface area contributed by atoms with Crippen molar-refractivity contribution < 1.29 is 4.74 Å². The average molecular weight is 217 g/mol. The number of ether oxygens (including phenoxy) is 1. The Labute approximate surface area is 93.0 Å². The second kappa shape index (κ2) is 3.66. The van der Waals surface area contributed by atoms with Gasteiger partial charge in [-0.25, -0.2) is 0 Å². The number of benzene rings is 1. The maximum absolute atomic E-state index is 5.87. The summed E-state index contributed by atoms with van der Waals surface area (Å²) in [6.07, 6.45) is 2.22. The molecule has 1 aromatic rings. The fraction of sp³-hybridized carbons (Fsp3) is 0.167. The average Bonchev–Trinajstić information content (AvgIpc) is 2.48. The summed E-state index contributed by atoms with van der Waals surface area (Å²) in [5.74, 6) is 2.94. The Morgan fingerprint density at radius 2 is 2.20 bits per heavy atom. The molecule has 0 aromatic heterocycles. The van der Waals surface area contributed by atoms with E-state index in [4.69, 9.17) is 4.74 Å². The van der Waals surface area contributed by atoms with Crippen LogP contribution in [0.5, 0.6) is 5.75 Å². The number of hydrogen-bond acceptors (Lipinski definition) is 3. The summed E-state index contributed by atoms with van der Waals surface area (Å²) >= 11 is 1.77. The van der Waals surface area contributed by atoms with E-state index in [-0.39, 0.29) is 0 Å². The largest absolute Gasteiger partial charge is 0.454 e. The highest BCUT2D eigenvalue weighted by Crippen LogP contribution is 2.33. The van der Waals surface area contributed by atoms with Crippen molar-refractivity contribution in [3.63, 3.8) is 0 Å². The van der Waals surface area contributed by atoms with E-state index in [1.54, 1.807) is 11.8 Å². The number of rotatable bonds is 0. The molecule has 1 N–H and O–H groups in total. The third-order valence-electron chi connectivity index (χ3n) is 2.51. The second-order valence-electron chi connectivity index (χ2n) is 3.50. The van der Waals surface area contributed by atoms with Crippen LogP contribution < -0.4 is 10.1 Å². The molecule has 2 aliphatic rings. The second-order valence-corrected chi connectivity index (χ2v) is 4.40. The zero-order valence-corrected chi connectivity index (χ0v) is 9.01. The molecule has 0 aliphatic carbocycles. The van der Waals surface area contributed by atoms with E-state index in [1.807, 2.05) is 24.3 Å². The van der Waals surface area contributed by atoms with Gasteiger partial charge in [-0.3, -0.25) is 0 Å². The van der Waals surface area contributed by atoms with E-state index in [9.17, 15) is 0 Å². The Morgan fingerprint density at radius 3 is 3.20 bits per heavy atom. The summed E-state index contributed by atoms with van der Waals surface area (Å²) in [5.41, 5.74) is 2.32.